The highest BCUT2D eigenvalue weighted by molar-refractivity contribution is 5.69. The van der Waals surface area contributed by atoms with Gasteiger partial charge in [-0.3, -0.25) is 19.3 Å². The minimum Gasteiger partial charge on any atom is -0.394 e. The molecule has 11 heteroatoms. The van der Waals surface area contributed by atoms with Crippen LogP contribution in [0.5, 0.6) is 0 Å². The second kappa shape index (κ2) is 5.45. The molecule has 0 saturated carbocycles. The fourth-order valence-electron chi connectivity index (χ4n) is 2.83. The van der Waals surface area contributed by atoms with Gasteiger partial charge in [0.2, 0.25) is 0 Å². The van der Waals surface area contributed by atoms with Crippen LogP contribution in [0.4, 0.5) is 0 Å². The maximum Gasteiger partial charge on any atom is 0.330 e. The number of methoxy groups -OCH3 is 1. The Morgan fingerprint density at radius 2 is 1.96 bits per heavy atom. The molecule has 23 heavy (non-hydrogen) atoms. The summed E-state index contributed by atoms with van der Waals surface area (Å²) in [7, 11) is 2.69. The molecule has 0 spiro atoms. The Bertz CT molecular complexity index is 907. The number of nitrogens with zero attached hydrogens (tertiary/aromatic N) is 2. The molecular formula is C12H16N4O7. The molecule has 3 rings (SSSR count). The van der Waals surface area contributed by atoms with E-state index >= 15 is 0 Å². The summed E-state index contributed by atoms with van der Waals surface area (Å²) in [4.78, 5) is 40.3. The number of hydrogen-bond donors (Lipinski definition) is 4. The number of fused-ring (bicyclic) bond motifs is 1. The number of aromatic amines is 2. The quantitative estimate of drug-likeness (QED) is 0.468. The topological polar surface area (TPSA) is 152 Å². The molecule has 126 valence electrons. The minimum atomic E-state index is -1.18. The van der Waals surface area contributed by atoms with Crippen molar-refractivity contribution in [2.45, 2.75) is 24.5 Å². The van der Waals surface area contributed by atoms with Crippen molar-refractivity contribution in [3.63, 3.8) is 0 Å². The number of hydrogen-bond acceptors (Lipinski definition) is 7. The Kier molecular flexibility index (Phi) is 3.72. The summed E-state index contributed by atoms with van der Waals surface area (Å²) in [6.07, 6.45) is -4.20. The minimum absolute atomic E-state index is 0.00147. The van der Waals surface area contributed by atoms with Crippen molar-refractivity contribution >= 4 is 11.2 Å². The third-order valence-electron chi connectivity index (χ3n) is 3.99. The summed E-state index contributed by atoms with van der Waals surface area (Å²) in [5, 5.41) is 19.3. The van der Waals surface area contributed by atoms with Crippen LogP contribution in [0.2, 0.25) is 0 Å². The van der Waals surface area contributed by atoms with E-state index in [4.69, 9.17) is 9.47 Å². The third kappa shape index (κ3) is 2.16. The van der Waals surface area contributed by atoms with E-state index in [1.807, 2.05) is 0 Å². The van der Waals surface area contributed by atoms with Gasteiger partial charge in [0.25, 0.3) is 5.56 Å². The van der Waals surface area contributed by atoms with Crippen molar-refractivity contribution in [2.24, 2.45) is 7.05 Å². The average Bonchev–Trinajstić information content (AvgIpc) is 3.02. The van der Waals surface area contributed by atoms with Crippen LogP contribution >= 0.6 is 0 Å². The molecule has 11 nitrogen and oxygen atoms in total. The van der Waals surface area contributed by atoms with Crippen molar-refractivity contribution in [2.75, 3.05) is 13.7 Å². The lowest BCUT2D eigenvalue weighted by Crippen LogP contribution is -2.37. The number of aryl methyl sites for hydroxylation is 1. The Balaban J connectivity index is 2.28. The van der Waals surface area contributed by atoms with Crippen molar-refractivity contribution in [3.05, 3.63) is 31.3 Å². The number of nitrogens with one attached hydrogen (secondary N) is 2. The zero-order valence-electron chi connectivity index (χ0n) is 12.3. The zero-order valence-corrected chi connectivity index (χ0v) is 12.3. The van der Waals surface area contributed by atoms with Gasteiger partial charge in [0.1, 0.15) is 18.3 Å². The van der Waals surface area contributed by atoms with Gasteiger partial charge in [0, 0.05) is 14.2 Å². The van der Waals surface area contributed by atoms with Crippen LogP contribution in [-0.4, -0.2) is 61.3 Å². The fraction of sp³-hybridized carbons (Fsp3) is 0.583. The van der Waals surface area contributed by atoms with E-state index in [0.29, 0.717) is 0 Å². The van der Waals surface area contributed by atoms with E-state index in [0.717, 1.165) is 9.13 Å². The Labute approximate surface area is 127 Å². The zero-order chi connectivity index (χ0) is 16.9. The molecule has 0 aromatic carbocycles. The predicted molar refractivity (Wildman–Crippen MR) is 76.2 cm³/mol. The maximum atomic E-state index is 12.3. The molecule has 0 bridgehead atoms. The molecule has 1 aliphatic heterocycles. The first-order valence-corrected chi connectivity index (χ1v) is 6.81. The van der Waals surface area contributed by atoms with Gasteiger partial charge in [-0.25, -0.2) is 14.2 Å². The van der Waals surface area contributed by atoms with Crippen LogP contribution in [0.25, 0.3) is 11.2 Å². The van der Waals surface area contributed by atoms with E-state index < -0.39 is 48.1 Å². The van der Waals surface area contributed by atoms with Crippen LogP contribution in [0.1, 0.15) is 6.23 Å². The third-order valence-corrected chi connectivity index (χ3v) is 3.99. The molecule has 1 aliphatic rings. The summed E-state index contributed by atoms with van der Waals surface area (Å²) in [5.74, 6) is 0. The number of imidazole rings is 1. The highest BCUT2D eigenvalue weighted by Crippen LogP contribution is 2.31. The average molecular weight is 328 g/mol. The van der Waals surface area contributed by atoms with Crippen LogP contribution in [0, 0.1) is 0 Å². The second-order valence-corrected chi connectivity index (χ2v) is 5.26. The van der Waals surface area contributed by atoms with E-state index in [-0.39, 0.29) is 11.2 Å². The van der Waals surface area contributed by atoms with Crippen molar-refractivity contribution in [3.8, 4) is 0 Å². The van der Waals surface area contributed by atoms with Gasteiger partial charge in [-0.15, -0.1) is 0 Å². The van der Waals surface area contributed by atoms with Crippen LogP contribution in [0.3, 0.4) is 0 Å². The van der Waals surface area contributed by atoms with Crippen molar-refractivity contribution in [1.82, 2.24) is 19.1 Å². The summed E-state index contributed by atoms with van der Waals surface area (Å²) < 4.78 is 12.7. The molecular weight excluding hydrogens is 312 g/mol. The second-order valence-electron chi connectivity index (χ2n) is 5.26. The number of aliphatic hydroxyl groups excluding tert-OH is 2. The number of ether oxygens (including phenoxy) is 2. The first-order valence-electron chi connectivity index (χ1n) is 6.81. The number of H-pyrrole nitrogens is 2. The van der Waals surface area contributed by atoms with Gasteiger partial charge in [0.05, 0.1) is 6.61 Å². The molecule has 2 aromatic rings. The van der Waals surface area contributed by atoms with Gasteiger partial charge in [-0.2, -0.15) is 0 Å². The normalized spacial score (nSPS) is 27.8. The first-order chi connectivity index (χ1) is 10.9. The van der Waals surface area contributed by atoms with E-state index in [1.54, 1.807) is 0 Å². The number of aliphatic hydroxyl groups is 2. The van der Waals surface area contributed by atoms with Crippen LogP contribution in [0.15, 0.2) is 14.4 Å². The van der Waals surface area contributed by atoms with E-state index in [1.165, 1.54) is 14.2 Å². The van der Waals surface area contributed by atoms with Gasteiger partial charge in [-0.05, 0) is 0 Å². The molecule has 0 aliphatic carbocycles. The Morgan fingerprint density at radius 1 is 1.26 bits per heavy atom. The number of aromatic nitrogens is 4. The molecule has 0 radical (unpaired) electrons. The molecule has 0 amide bonds. The molecule has 2 aromatic heterocycles. The summed E-state index contributed by atoms with van der Waals surface area (Å²) in [6.45, 7) is -0.478. The lowest BCUT2D eigenvalue weighted by molar-refractivity contribution is -0.0600. The predicted octanol–water partition coefficient (Wildman–Crippen LogP) is -3.02. The Morgan fingerprint density at radius 3 is 2.57 bits per heavy atom. The molecule has 0 unspecified atom stereocenters. The maximum absolute atomic E-state index is 12.3. The summed E-state index contributed by atoms with van der Waals surface area (Å²) in [5.41, 5.74) is -2.25. The molecule has 1 saturated heterocycles. The summed E-state index contributed by atoms with van der Waals surface area (Å²) >= 11 is 0. The standard InChI is InChI=1S/C12H16N4O7/c1-15-9-5(8(19)14-11(15)20)13-12(21)16(9)10-7(22-2)6(18)4(3-17)23-10/h4,6-7,10,17-18H,3H2,1-2H3,(H,13,21)(H,14,19,20)/t4-,6-,7-,10-/m1/s1. The monoisotopic (exact) mass is 328 g/mol. The van der Waals surface area contributed by atoms with Crippen LogP contribution < -0.4 is 16.9 Å². The van der Waals surface area contributed by atoms with Gasteiger partial charge in [0.15, 0.2) is 17.4 Å². The molecule has 3 heterocycles. The van der Waals surface area contributed by atoms with E-state index in [2.05, 4.69) is 9.97 Å². The highest BCUT2D eigenvalue weighted by Gasteiger charge is 2.46. The molecule has 4 N–H and O–H groups in total. The van der Waals surface area contributed by atoms with Gasteiger partial charge < -0.3 is 19.7 Å². The van der Waals surface area contributed by atoms with Gasteiger partial charge >= 0.3 is 11.4 Å². The number of rotatable bonds is 3. The largest absolute Gasteiger partial charge is 0.394 e. The highest BCUT2D eigenvalue weighted by atomic mass is 16.6. The lowest BCUT2D eigenvalue weighted by Gasteiger charge is -2.20. The van der Waals surface area contributed by atoms with Gasteiger partial charge in [-0.1, -0.05) is 0 Å². The van der Waals surface area contributed by atoms with Crippen molar-refractivity contribution in [1.29, 1.82) is 0 Å². The molecule has 4 atom stereocenters. The molecule has 1 fully saturated rings. The van der Waals surface area contributed by atoms with Crippen LogP contribution in [-0.2, 0) is 16.5 Å². The lowest BCUT2D eigenvalue weighted by atomic mass is 10.1. The van der Waals surface area contributed by atoms with Crippen molar-refractivity contribution < 1.29 is 19.7 Å². The Hall–Kier alpha value is -2.21. The smallest absolute Gasteiger partial charge is 0.330 e. The fourth-order valence-corrected chi connectivity index (χ4v) is 2.83. The van der Waals surface area contributed by atoms with E-state index in [9.17, 15) is 24.6 Å². The first kappa shape index (κ1) is 15.7. The SMILES string of the molecule is CO[C@@H]1[C@H](O)[C@@H](CO)O[C@H]1n1c(=O)[nH]c2c(=O)[nH]c(=O)n(C)c21. The summed E-state index contributed by atoms with van der Waals surface area (Å²) in [6, 6.07) is 0.